The largest absolute Gasteiger partial charge is 0.490 e. The minimum absolute atomic E-state index is 0.0205. The second kappa shape index (κ2) is 8.47. The molecular formula is C15H20O8. The predicted octanol–water partition coefficient (Wildman–Crippen LogP) is -0.119. The van der Waals surface area contributed by atoms with Gasteiger partial charge in [-0.05, 0) is 26.0 Å². The van der Waals surface area contributed by atoms with E-state index < -0.39 is 24.5 Å². The molecule has 0 amide bonds. The fourth-order valence-corrected chi connectivity index (χ4v) is 1.72. The van der Waals surface area contributed by atoms with Gasteiger partial charge in [0.25, 0.3) is 0 Å². The van der Waals surface area contributed by atoms with E-state index in [1.54, 1.807) is 13.0 Å². The Kier molecular flexibility index (Phi) is 6.95. The molecule has 23 heavy (non-hydrogen) atoms. The fourth-order valence-electron chi connectivity index (χ4n) is 1.72. The molecule has 0 heterocycles. The van der Waals surface area contributed by atoms with Crippen LogP contribution in [0.25, 0.3) is 0 Å². The molecule has 0 saturated carbocycles. The Bertz CT molecular complexity index is 540. The third kappa shape index (κ3) is 4.92. The second-order valence-electron chi connectivity index (χ2n) is 4.55. The van der Waals surface area contributed by atoms with Gasteiger partial charge in [-0.15, -0.1) is 0 Å². The molecule has 0 aliphatic heterocycles. The number of benzene rings is 1. The molecule has 1 atom stereocenters. The van der Waals surface area contributed by atoms with Gasteiger partial charge in [0.15, 0.2) is 17.8 Å². The van der Waals surface area contributed by atoms with E-state index in [2.05, 4.69) is 4.74 Å². The Labute approximate surface area is 133 Å². The minimum Gasteiger partial charge on any atom is -0.490 e. The third-order valence-corrected chi connectivity index (χ3v) is 2.81. The molecule has 1 aromatic carbocycles. The van der Waals surface area contributed by atoms with Gasteiger partial charge in [0.05, 0.1) is 18.8 Å². The summed E-state index contributed by atoms with van der Waals surface area (Å²) in [5, 5.41) is 29.2. The number of hydrogen-bond acceptors (Lipinski definition) is 8. The van der Waals surface area contributed by atoms with Crippen LogP contribution in [-0.4, -0.2) is 59.3 Å². The summed E-state index contributed by atoms with van der Waals surface area (Å²) in [6.07, 6.45) is -1.71. The molecule has 1 rings (SSSR count). The van der Waals surface area contributed by atoms with Crippen molar-refractivity contribution in [1.82, 2.24) is 0 Å². The number of hydrogen-bond donors (Lipinski definition) is 3. The first kappa shape index (κ1) is 18.9. The van der Waals surface area contributed by atoms with Crippen LogP contribution >= 0.6 is 0 Å². The molecule has 128 valence electrons. The maximum absolute atomic E-state index is 11.4. The normalized spacial score (nSPS) is 12.4. The average Bonchev–Trinajstić information content (AvgIpc) is 2.53. The van der Waals surface area contributed by atoms with Crippen LogP contribution in [0.4, 0.5) is 0 Å². The number of esters is 1. The zero-order valence-corrected chi connectivity index (χ0v) is 12.9. The lowest BCUT2D eigenvalue weighted by atomic mass is 10.1. The van der Waals surface area contributed by atoms with E-state index in [1.807, 2.05) is 0 Å². The molecule has 0 saturated heterocycles. The molecule has 0 aliphatic rings. The van der Waals surface area contributed by atoms with E-state index in [4.69, 9.17) is 9.47 Å². The van der Waals surface area contributed by atoms with Crippen molar-refractivity contribution in [2.75, 3.05) is 19.8 Å². The summed E-state index contributed by atoms with van der Waals surface area (Å²) in [5.41, 5.74) is 0.123. The maximum atomic E-state index is 11.4. The second-order valence-corrected chi connectivity index (χ2v) is 4.55. The topological polar surface area (TPSA) is 123 Å². The summed E-state index contributed by atoms with van der Waals surface area (Å²) in [5.74, 6) is -3.90. The van der Waals surface area contributed by atoms with Crippen molar-refractivity contribution >= 4 is 12.3 Å². The molecule has 8 nitrogen and oxygen atoms in total. The van der Waals surface area contributed by atoms with Gasteiger partial charge in [-0.1, -0.05) is 6.07 Å². The average molecular weight is 328 g/mol. The monoisotopic (exact) mass is 328 g/mol. The highest BCUT2D eigenvalue weighted by molar-refractivity contribution is 5.81. The Morgan fingerprint density at radius 2 is 1.96 bits per heavy atom. The molecule has 0 radical (unpaired) electrons. The van der Waals surface area contributed by atoms with Gasteiger partial charge in [-0.3, -0.25) is 4.79 Å². The summed E-state index contributed by atoms with van der Waals surface area (Å²) < 4.78 is 15.0. The van der Waals surface area contributed by atoms with Crippen LogP contribution < -0.4 is 9.47 Å². The van der Waals surface area contributed by atoms with Crippen molar-refractivity contribution in [3.05, 3.63) is 23.8 Å². The van der Waals surface area contributed by atoms with Crippen molar-refractivity contribution in [2.45, 2.75) is 25.7 Å². The SMILES string of the molecule is CCOC(=O)C(O)C(O)(O)COc1c(C=O)cccc1OCC. The first-order valence-corrected chi connectivity index (χ1v) is 7.00. The molecule has 8 heteroatoms. The number of aliphatic hydroxyl groups is 3. The molecule has 0 bridgehead atoms. The van der Waals surface area contributed by atoms with Crippen molar-refractivity contribution in [3.63, 3.8) is 0 Å². The number of ether oxygens (including phenoxy) is 3. The molecule has 3 N–H and O–H groups in total. The number of carbonyl (C=O) groups excluding carboxylic acids is 2. The molecule has 1 unspecified atom stereocenters. The molecule has 0 aliphatic carbocycles. The quantitative estimate of drug-likeness (QED) is 0.326. The first-order chi connectivity index (χ1) is 10.9. The number of rotatable bonds is 9. The summed E-state index contributed by atoms with van der Waals surface area (Å²) >= 11 is 0. The van der Waals surface area contributed by atoms with Crippen LogP contribution in [0.1, 0.15) is 24.2 Å². The number of carbonyl (C=O) groups is 2. The lowest BCUT2D eigenvalue weighted by molar-refractivity contribution is -0.243. The van der Waals surface area contributed by atoms with Gasteiger partial charge in [0, 0.05) is 0 Å². The van der Waals surface area contributed by atoms with Gasteiger partial charge in [0.2, 0.25) is 11.9 Å². The summed E-state index contributed by atoms with van der Waals surface area (Å²) in [6.45, 7) is 2.62. The minimum atomic E-state index is -2.90. The number of aliphatic hydroxyl groups excluding tert-OH is 1. The van der Waals surface area contributed by atoms with Crippen molar-refractivity contribution in [1.29, 1.82) is 0 Å². The fraction of sp³-hybridized carbons (Fsp3) is 0.467. The van der Waals surface area contributed by atoms with E-state index in [1.165, 1.54) is 19.1 Å². The van der Waals surface area contributed by atoms with Gasteiger partial charge >= 0.3 is 5.97 Å². The lowest BCUT2D eigenvalue weighted by Crippen LogP contribution is -2.52. The van der Waals surface area contributed by atoms with E-state index in [9.17, 15) is 24.9 Å². The molecule has 0 spiro atoms. The highest BCUT2D eigenvalue weighted by atomic mass is 16.6. The van der Waals surface area contributed by atoms with Crippen LogP contribution in [0.3, 0.4) is 0 Å². The van der Waals surface area contributed by atoms with Crippen molar-refractivity contribution in [2.24, 2.45) is 0 Å². The van der Waals surface area contributed by atoms with Crippen molar-refractivity contribution in [3.8, 4) is 11.5 Å². The van der Waals surface area contributed by atoms with Crippen LogP contribution in [0.5, 0.6) is 11.5 Å². The molecule has 1 aromatic rings. The third-order valence-electron chi connectivity index (χ3n) is 2.81. The van der Waals surface area contributed by atoms with Crippen molar-refractivity contribution < 1.29 is 39.1 Å². The standard InChI is InChI=1S/C15H20O8/c1-3-21-11-7-5-6-10(8-16)12(11)23-9-15(19,20)13(17)14(18)22-4-2/h5-8,13,17,19-20H,3-4,9H2,1-2H3. The lowest BCUT2D eigenvalue weighted by Gasteiger charge is -2.26. The van der Waals surface area contributed by atoms with Gasteiger partial charge in [-0.2, -0.15) is 0 Å². The summed E-state index contributed by atoms with van der Waals surface area (Å²) in [6, 6.07) is 4.55. The van der Waals surface area contributed by atoms with Gasteiger partial charge in [-0.25, -0.2) is 4.79 Å². The Balaban J connectivity index is 2.91. The molecular weight excluding hydrogens is 308 g/mol. The maximum Gasteiger partial charge on any atom is 0.340 e. The summed E-state index contributed by atoms with van der Waals surface area (Å²) in [7, 11) is 0. The first-order valence-electron chi connectivity index (χ1n) is 7.00. The predicted molar refractivity (Wildman–Crippen MR) is 78.3 cm³/mol. The highest BCUT2D eigenvalue weighted by Crippen LogP contribution is 2.31. The Morgan fingerprint density at radius 1 is 1.26 bits per heavy atom. The van der Waals surface area contributed by atoms with Crippen LogP contribution in [0.15, 0.2) is 18.2 Å². The zero-order chi connectivity index (χ0) is 17.5. The molecule has 0 fully saturated rings. The van der Waals surface area contributed by atoms with E-state index in [0.717, 1.165) is 0 Å². The van der Waals surface area contributed by atoms with Crippen LogP contribution in [0.2, 0.25) is 0 Å². The highest BCUT2D eigenvalue weighted by Gasteiger charge is 2.41. The smallest absolute Gasteiger partial charge is 0.340 e. The van der Waals surface area contributed by atoms with E-state index >= 15 is 0 Å². The molecule has 0 aromatic heterocycles. The van der Waals surface area contributed by atoms with Gasteiger partial charge in [0.1, 0.15) is 6.61 Å². The number of aldehydes is 1. The van der Waals surface area contributed by atoms with Crippen LogP contribution in [0, 0.1) is 0 Å². The summed E-state index contributed by atoms with van der Waals surface area (Å²) in [4.78, 5) is 22.4. The van der Waals surface area contributed by atoms with Crippen LogP contribution in [-0.2, 0) is 9.53 Å². The van der Waals surface area contributed by atoms with E-state index in [0.29, 0.717) is 12.9 Å². The Morgan fingerprint density at radius 3 is 2.52 bits per heavy atom. The zero-order valence-electron chi connectivity index (χ0n) is 12.9. The van der Waals surface area contributed by atoms with Gasteiger partial charge < -0.3 is 29.5 Å². The van der Waals surface area contributed by atoms with E-state index in [-0.39, 0.29) is 23.7 Å². The Hall–Kier alpha value is -2.16. The number of para-hydroxylation sites is 1.